The Morgan fingerprint density at radius 1 is 0.694 bits per heavy atom. The molecule has 10 atom stereocenters. The van der Waals surface area contributed by atoms with Gasteiger partial charge in [0.1, 0.15) is 24.4 Å². The minimum atomic E-state index is -0.745. The van der Waals surface area contributed by atoms with Crippen molar-refractivity contribution in [2.45, 2.75) is 110 Å². The van der Waals surface area contributed by atoms with Crippen molar-refractivity contribution in [3.05, 3.63) is 35.9 Å². The van der Waals surface area contributed by atoms with E-state index in [0.29, 0.717) is 31.7 Å². The van der Waals surface area contributed by atoms with E-state index in [0.717, 1.165) is 5.56 Å². The lowest BCUT2D eigenvalue weighted by molar-refractivity contribution is -0.287. The van der Waals surface area contributed by atoms with Gasteiger partial charge < -0.3 is 37.9 Å². The van der Waals surface area contributed by atoms with Crippen molar-refractivity contribution in [2.24, 2.45) is 17.8 Å². The molecule has 8 heteroatoms. The summed E-state index contributed by atoms with van der Waals surface area (Å²) in [5.41, 5.74) is 1.15. The maximum absolute atomic E-state index is 6.45. The molecule has 0 aromatic heterocycles. The summed E-state index contributed by atoms with van der Waals surface area (Å²) in [6.07, 6.45) is -2.28. The summed E-state index contributed by atoms with van der Waals surface area (Å²) >= 11 is 0. The summed E-state index contributed by atoms with van der Waals surface area (Å²) in [5, 5.41) is 0. The van der Waals surface area contributed by atoms with Gasteiger partial charge in [0.05, 0.1) is 25.9 Å². The van der Waals surface area contributed by atoms with Crippen LogP contribution in [0.5, 0.6) is 0 Å². The molecule has 4 aliphatic heterocycles. The van der Waals surface area contributed by atoms with Gasteiger partial charge in [-0.25, -0.2) is 0 Å². The lowest BCUT2D eigenvalue weighted by Crippen LogP contribution is -2.57. The molecule has 0 radical (unpaired) electrons. The topological polar surface area (TPSA) is 73.8 Å². The lowest BCUT2D eigenvalue weighted by atomic mass is 9.79. The summed E-state index contributed by atoms with van der Waals surface area (Å²) in [6.45, 7) is 15.7. The van der Waals surface area contributed by atoms with Crippen LogP contribution >= 0.6 is 0 Å². The largest absolute Gasteiger partial charge is 0.374 e. The second-order valence-corrected chi connectivity index (χ2v) is 11.7. The first-order chi connectivity index (χ1) is 17.0. The van der Waals surface area contributed by atoms with Crippen molar-refractivity contribution in [1.82, 2.24) is 0 Å². The zero-order valence-electron chi connectivity index (χ0n) is 22.5. The molecule has 202 valence electrons. The van der Waals surface area contributed by atoms with E-state index >= 15 is 0 Å². The van der Waals surface area contributed by atoms with Gasteiger partial charge in [0.25, 0.3) is 0 Å². The molecule has 4 heterocycles. The van der Waals surface area contributed by atoms with Gasteiger partial charge in [0, 0.05) is 5.92 Å². The molecule has 4 unspecified atom stereocenters. The maximum Gasteiger partial charge on any atom is 0.190 e. The van der Waals surface area contributed by atoms with Crippen molar-refractivity contribution in [3.8, 4) is 0 Å². The minimum absolute atomic E-state index is 0.0494. The number of rotatable bonds is 7. The highest BCUT2D eigenvalue weighted by Gasteiger charge is 2.60. The first kappa shape index (κ1) is 26.5. The van der Waals surface area contributed by atoms with Crippen LogP contribution in [0.15, 0.2) is 30.3 Å². The van der Waals surface area contributed by atoms with Gasteiger partial charge in [0.15, 0.2) is 24.2 Å². The van der Waals surface area contributed by atoms with E-state index in [2.05, 4.69) is 32.9 Å². The predicted octanol–water partition coefficient (Wildman–Crippen LogP) is 4.25. The molecule has 4 aliphatic rings. The zero-order chi connectivity index (χ0) is 25.7. The summed E-state index contributed by atoms with van der Waals surface area (Å²) in [4.78, 5) is 0. The second kappa shape index (κ2) is 10.2. The molecule has 0 saturated carbocycles. The van der Waals surface area contributed by atoms with E-state index < -0.39 is 17.9 Å². The van der Waals surface area contributed by atoms with E-state index in [9.17, 15) is 0 Å². The van der Waals surface area contributed by atoms with Gasteiger partial charge in [-0.1, -0.05) is 51.1 Å². The second-order valence-electron chi connectivity index (χ2n) is 11.7. The molecule has 5 rings (SSSR count). The smallest absolute Gasteiger partial charge is 0.190 e. The first-order valence-corrected chi connectivity index (χ1v) is 13.3. The molecule has 0 aliphatic carbocycles. The van der Waals surface area contributed by atoms with Gasteiger partial charge in [-0.3, -0.25) is 0 Å². The number of hydrogen-bond donors (Lipinski definition) is 0. The van der Waals surface area contributed by atoms with Crippen molar-refractivity contribution in [2.75, 3.05) is 13.2 Å². The fourth-order valence-corrected chi connectivity index (χ4v) is 5.75. The molecular weight excluding hydrogens is 464 g/mol. The van der Waals surface area contributed by atoms with Crippen molar-refractivity contribution < 1.29 is 37.9 Å². The fourth-order valence-electron chi connectivity index (χ4n) is 5.75. The zero-order valence-corrected chi connectivity index (χ0v) is 22.5. The summed E-state index contributed by atoms with van der Waals surface area (Å²) < 4.78 is 49.8. The number of hydrogen-bond acceptors (Lipinski definition) is 8. The standard InChI is InChI=1S/C28H42O8/c1-16-17(2)20(14-29-13-19-11-9-8-10-12-19)31-25(18(16)3)30-15-21-22-23(34-27(4,5)33-22)24-26(32-21)36-28(6,7)35-24/h8-12,16-18,20-26H,13-15H2,1-7H3/t16-,17+,18?,20?,21?,22-,23-,24?,25-,26+/m0/s1. The molecule has 0 N–H and O–H groups in total. The number of benzene rings is 1. The summed E-state index contributed by atoms with van der Waals surface area (Å²) in [5.74, 6) is -0.492. The van der Waals surface area contributed by atoms with Crippen molar-refractivity contribution in [3.63, 3.8) is 0 Å². The Morgan fingerprint density at radius 3 is 2.11 bits per heavy atom. The Morgan fingerprint density at radius 2 is 1.36 bits per heavy atom. The van der Waals surface area contributed by atoms with Crippen LogP contribution in [-0.4, -0.2) is 67.9 Å². The Balaban J connectivity index is 1.21. The molecule has 36 heavy (non-hydrogen) atoms. The third-order valence-electron chi connectivity index (χ3n) is 8.05. The van der Waals surface area contributed by atoms with Gasteiger partial charge in [-0.05, 0) is 45.1 Å². The molecule has 0 bridgehead atoms. The number of ether oxygens (including phenoxy) is 8. The lowest BCUT2D eigenvalue weighted by Gasteiger charge is -2.44. The highest BCUT2D eigenvalue weighted by atomic mass is 16.9. The molecule has 4 saturated heterocycles. The number of fused-ring (bicyclic) bond motifs is 3. The summed E-state index contributed by atoms with van der Waals surface area (Å²) in [6, 6.07) is 10.2. The Hall–Kier alpha value is -1.10. The quantitative estimate of drug-likeness (QED) is 0.544. The predicted molar refractivity (Wildman–Crippen MR) is 131 cm³/mol. The van der Waals surface area contributed by atoms with E-state index in [4.69, 9.17) is 37.9 Å². The van der Waals surface area contributed by atoms with Gasteiger partial charge >= 0.3 is 0 Å². The molecule has 1 aromatic rings. The molecule has 1 aromatic carbocycles. The van der Waals surface area contributed by atoms with E-state index in [1.165, 1.54) is 0 Å². The van der Waals surface area contributed by atoms with Crippen molar-refractivity contribution >= 4 is 0 Å². The van der Waals surface area contributed by atoms with Crippen molar-refractivity contribution in [1.29, 1.82) is 0 Å². The SMILES string of the molecule is CC1[C@@H](OCC2O[C@@H]3OC(C)(C)OC3[C@H]3OC(C)(C)O[C@@H]23)OC(COCc2ccccc2)[C@H](C)[C@@H]1C. The molecule has 0 spiro atoms. The van der Waals surface area contributed by atoms with E-state index in [1.807, 2.05) is 45.9 Å². The molecule has 4 fully saturated rings. The summed E-state index contributed by atoms with van der Waals surface area (Å²) in [7, 11) is 0. The third kappa shape index (κ3) is 5.52. The van der Waals surface area contributed by atoms with Crippen LogP contribution in [0.3, 0.4) is 0 Å². The monoisotopic (exact) mass is 506 g/mol. The van der Waals surface area contributed by atoms with Crippen LogP contribution in [0.1, 0.15) is 54.0 Å². The van der Waals surface area contributed by atoms with Crippen LogP contribution in [0.4, 0.5) is 0 Å². The minimum Gasteiger partial charge on any atom is -0.374 e. The highest BCUT2D eigenvalue weighted by molar-refractivity contribution is 5.13. The average molecular weight is 507 g/mol. The highest BCUT2D eigenvalue weighted by Crippen LogP contribution is 2.44. The van der Waals surface area contributed by atoms with Crippen LogP contribution < -0.4 is 0 Å². The van der Waals surface area contributed by atoms with Crippen LogP contribution in [-0.2, 0) is 44.5 Å². The average Bonchev–Trinajstić information content (AvgIpc) is 3.32. The van der Waals surface area contributed by atoms with Crippen LogP contribution in [0.25, 0.3) is 0 Å². The Kier molecular flexibility index (Phi) is 7.53. The van der Waals surface area contributed by atoms with Gasteiger partial charge in [-0.2, -0.15) is 0 Å². The Bertz CT molecular complexity index is 876. The van der Waals surface area contributed by atoms with Gasteiger partial charge in [0.2, 0.25) is 0 Å². The maximum atomic E-state index is 6.45. The fraction of sp³-hybridized carbons (Fsp3) is 0.786. The van der Waals surface area contributed by atoms with Gasteiger partial charge in [-0.15, -0.1) is 0 Å². The molecule has 0 amide bonds. The Labute approximate surface area is 214 Å². The third-order valence-corrected chi connectivity index (χ3v) is 8.05. The molecule has 8 nitrogen and oxygen atoms in total. The van der Waals surface area contributed by atoms with E-state index in [1.54, 1.807) is 0 Å². The molecular formula is C28H42O8. The normalized spacial score (nSPS) is 43.2. The first-order valence-electron chi connectivity index (χ1n) is 13.3. The van der Waals surface area contributed by atoms with Crippen LogP contribution in [0.2, 0.25) is 0 Å². The van der Waals surface area contributed by atoms with Crippen LogP contribution in [0, 0.1) is 17.8 Å². The van der Waals surface area contributed by atoms with E-state index in [-0.39, 0.29) is 42.7 Å².